The summed E-state index contributed by atoms with van der Waals surface area (Å²) < 4.78 is 1.87. The van der Waals surface area contributed by atoms with E-state index in [1.165, 1.54) is 0 Å². The Hall–Kier alpha value is -2.02. The van der Waals surface area contributed by atoms with Crippen LogP contribution in [-0.2, 0) is 6.42 Å². The van der Waals surface area contributed by atoms with E-state index in [0.29, 0.717) is 12.1 Å². The summed E-state index contributed by atoms with van der Waals surface area (Å²) >= 11 is 0. The molecular weight excluding hydrogens is 176 g/mol. The van der Waals surface area contributed by atoms with E-state index in [2.05, 4.69) is 11.1 Å². The number of anilines is 1. The van der Waals surface area contributed by atoms with Gasteiger partial charge < -0.3 is 10.1 Å². The van der Waals surface area contributed by atoms with Gasteiger partial charge in [-0.05, 0) is 19.1 Å². The van der Waals surface area contributed by atoms with Crippen LogP contribution in [0.1, 0.15) is 11.4 Å². The van der Waals surface area contributed by atoms with Crippen molar-refractivity contribution >= 4 is 11.3 Å². The number of rotatable bonds is 1. The second-order valence-electron chi connectivity index (χ2n) is 3.14. The average molecular weight is 186 g/mol. The van der Waals surface area contributed by atoms with Crippen molar-refractivity contribution in [2.45, 2.75) is 13.3 Å². The fourth-order valence-electron chi connectivity index (χ4n) is 1.54. The average Bonchev–Trinajstić information content (AvgIpc) is 2.47. The van der Waals surface area contributed by atoms with E-state index in [1.54, 1.807) is 6.07 Å². The minimum Gasteiger partial charge on any atom is -0.396 e. The van der Waals surface area contributed by atoms with Gasteiger partial charge in [-0.25, -0.2) is 4.98 Å². The number of hydrogen-bond acceptors (Lipinski definition) is 3. The lowest BCUT2D eigenvalue weighted by Gasteiger charge is -1.98. The van der Waals surface area contributed by atoms with Crippen LogP contribution in [0, 0.1) is 18.3 Å². The third kappa shape index (κ3) is 1.11. The molecule has 0 aliphatic carbocycles. The summed E-state index contributed by atoms with van der Waals surface area (Å²) in [5.41, 5.74) is 8.92. The summed E-state index contributed by atoms with van der Waals surface area (Å²) in [4.78, 5) is 4.32. The highest BCUT2D eigenvalue weighted by atomic mass is 15.0. The molecule has 2 N–H and O–H groups in total. The smallest absolute Gasteiger partial charge is 0.160 e. The van der Waals surface area contributed by atoms with Crippen LogP contribution < -0.4 is 5.73 Å². The molecule has 0 aliphatic heterocycles. The first-order valence-electron chi connectivity index (χ1n) is 4.33. The second kappa shape index (κ2) is 3.04. The topological polar surface area (TPSA) is 67.1 Å². The van der Waals surface area contributed by atoms with E-state index >= 15 is 0 Å². The highest BCUT2D eigenvalue weighted by Gasteiger charge is 2.09. The zero-order valence-corrected chi connectivity index (χ0v) is 7.86. The molecule has 0 spiro atoms. The molecule has 0 bridgehead atoms. The molecule has 2 rings (SSSR count). The molecule has 0 saturated carbocycles. The summed E-state index contributed by atoms with van der Waals surface area (Å²) in [5, 5.41) is 8.67. The molecule has 70 valence electrons. The molecule has 14 heavy (non-hydrogen) atoms. The van der Waals surface area contributed by atoms with Gasteiger partial charge >= 0.3 is 0 Å². The van der Waals surface area contributed by atoms with Gasteiger partial charge in [-0.15, -0.1) is 0 Å². The van der Waals surface area contributed by atoms with Gasteiger partial charge in [0.25, 0.3) is 0 Å². The number of imidazole rings is 1. The van der Waals surface area contributed by atoms with Crippen LogP contribution in [0.4, 0.5) is 5.69 Å². The van der Waals surface area contributed by atoms with Crippen LogP contribution in [0.15, 0.2) is 18.3 Å². The Kier molecular flexibility index (Phi) is 1.86. The second-order valence-corrected chi connectivity index (χ2v) is 3.14. The first-order valence-corrected chi connectivity index (χ1v) is 4.33. The maximum Gasteiger partial charge on any atom is 0.160 e. The van der Waals surface area contributed by atoms with Crippen LogP contribution in [0.25, 0.3) is 5.65 Å². The highest BCUT2D eigenvalue weighted by Crippen LogP contribution is 2.17. The third-order valence-electron chi connectivity index (χ3n) is 2.23. The van der Waals surface area contributed by atoms with Crippen molar-refractivity contribution in [3.8, 4) is 6.07 Å². The molecule has 0 atom stereocenters. The molecule has 0 saturated heterocycles. The van der Waals surface area contributed by atoms with Crippen molar-refractivity contribution in [1.82, 2.24) is 9.38 Å². The van der Waals surface area contributed by atoms with E-state index < -0.39 is 0 Å². The number of fused-ring (bicyclic) bond motifs is 1. The van der Waals surface area contributed by atoms with Gasteiger partial charge in [0.05, 0.1) is 29.6 Å². The number of hydrogen-bond donors (Lipinski definition) is 1. The Morgan fingerprint density at radius 2 is 2.43 bits per heavy atom. The molecule has 4 heteroatoms. The van der Waals surface area contributed by atoms with Gasteiger partial charge in [-0.1, -0.05) is 0 Å². The fourth-order valence-corrected chi connectivity index (χ4v) is 1.54. The molecule has 4 nitrogen and oxygen atoms in total. The van der Waals surface area contributed by atoms with Gasteiger partial charge in [0.2, 0.25) is 0 Å². The first kappa shape index (κ1) is 8.57. The van der Waals surface area contributed by atoms with Crippen LogP contribution in [0.5, 0.6) is 0 Å². The molecule has 2 aromatic heterocycles. The van der Waals surface area contributed by atoms with Crippen molar-refractivity contribution in [3.63, 3.8) is 0 Å². The molecule has 0 aliphatic rings. The maximum absolute atomic E-state index is 8.67. The number of nitrogens with two attached hydrogens (primary N) is 1. The molecular formula is C10H10N4. The molecule has 0 amide bonds. The number of nitrogens with zero attached hydrogens (tertiary/aromatic N) is 3. The van der Waals surface area contributed by atoms with Crippen LogP contribution in [0.2, 0.25) is 0 Å². The van der Waals surface area contributed by atoms with Gasteiger partial charge in [0.15, 0.2) is 5.65 Å². The summed E-state index contributed by atoms with van der Waals surface area (Å²) in [6.45, 7) is 1.89. The normalized spacial score (nSPS) is 10.3. The number of nitrogen functional groups attached to an aromatic ring is 1. The molecule has 0 aromatic carbocycles. The highest BCUT2D eigenvalue weighted by molar-refractivity contribution is 5.65. The van der Waals surface area contributed by atoms with Gasteiger partial charge in [-0.2, -0.15) is 5.26 Å². The summed E-state index contributed by atoms with van der Waals surface area (Å²) in [7, 11) is 0. The maximum atomic E-state index is 8.67. The Balaban J connectivity index is 2.78. The van der Waals surface area contributed by atoms with E-state index in [4.69, 9.17) is 11.0 Å². The predicted octanol–water partition coefficient (Wildman–Crippen LogP) is 1.29. The van der Waals surface area contributed by atoms with Crippen LogP contribution in [0.3, 0.4) is 0 Å². The first-order chi connectivity index (χ1) is 6.74. The van der Waals surface area contributed by atoms with E-state index in [9.17, 15) is 0 Å². The lowest BCUT2D eigenvalue weighted by atomic mass is 10.3. The van der Waals surface area contributed by atoms with E-state index in [-0.39, 0.29) is 0 Å². The molecule has 0 radical (unpaired) electrons. The number of nitriles is 1. The Bertz CT molecular complexity index is 519. The minimum atomic E-state index is 0.358. The van der Waals surface area contributed by atoms with Crippen molar-refractivity contribution in [1.29, 1.82) is 5.26 Å². The van der Waals surface area contributed by atoms with Gasteiger partial charge in [0.1, 0.15) is 0 Å². The number of pyridine rings is 1. The lowest BCUT2D eigenvalue weighted by Crippen LogP contribution is -1.95. The molecule has 0 fully saturated rings. The number of aromatic nitrogens is 2. The zero-order chi connectivity index (χ0) is 10.1. The lowest BCUT2D eigenvalue weighted by molar-refractivity contribution is 1.04. The fraction of sp³-hybridized carbons (Fsp3) is 0.200. The van der Waals surface area contributed by atoms with Crippen molar-refractivity contribution in [3.05, 3.63) is 29.7 Å². The summed E-state index contributed by atoms with van der Waals surface area (Å²) in [6.07, 6.45) is 2.23. The SMILES string of the molecule is Cc1nc2c(N)cccn2c1CC#N. The quantitative estimate of drug-likeness (QED) is 0.729. The number of aryl methyl sites for hydroxylation is 1. The Morgan fingerprint density at radius 1 is 1.64 bits per heavy atom. The molecule has 0 unspecified atom stereocenters. The van der Waals surface area contributed by atoms with Crippen LogP contribution in [-0.4, -0.2) is 9.38 Å². The monoisotopic (exact) mass is 186 g/mol. The largest absolute Gasteiger partial charge is 0.396 e. The predicted molar refractivity (Wildman–Crippen MR) is 53.7 cm³/mol. The van der Waals surface area contributed by atoms with Crippen molar-refractivity contribution in [2.24, 2.45) is 0 Å². The van der Waals surface area contributed by atoms with Crippen LogP contribution >= 0.6 is 0 Å². The van der Waals surface area contributed by atoms with Crippen molar-refractivity contribution < 1.29 is 0 Å². The minimum absolute atomic E-state index is 0.358. The van der Waals surface area contributed by atoms with Gasteiger partial charge in [-0.3, -0.25) is 0 Å². The molecule has 2 heterocycles. The van der Waals surface area contributed by atoms with E-state index in [1.807, 2.05) is 23.6 Å². The summed E-state index contributed by atoms with van der Waals surface area (Å²) in [6, 6.07) is 5.78. The molecule has 2 aromatic rings. The van der Waals surface area contributed by atoms with Crippen molar-refractivity contribution in [2.75, 3.05) is 5.73 Å². The Morgan fingerprint density at radius 3 is 3.14 bits per heavy atom. The van der Waals surface area contributed by atoms with Gasteiger partial charge in [0, 0.05) is 6.20 Å². The third-order valence-corrected chi connectivity index (χ3v) is 2.23. The Labute approximate surface area is 81.6 Å². The standard InChI is InChI=1S/C10H10N4/c1-7-9(4-5-11)14-6-2-3-8(12)10(14)13-7/h2-3,6H,4,12H2,1H3. The zero-order valence-electron chi connectivity index (χ0n) is 7.86. The summed E-state index contributed by atoms with van der Waals surface area (Å²) in [5.74, 6) is 0. The van der Waals surface area contributed by atoms with E-state index in [0.717, 1.165) is 17.0 Å².